The molecule has 2 heteroatoms. The summed E-state index contributed by atoms with van der Waals surface area (Å²) in [5.74, 6) is -0.394. The molecule has 0 atom stereocenters. The Kier molecular flexibility index (Phi) is 9.69. The molecule has 18 heavy (non-hydrogen) atoms. The molecule has 0 amide bonds. The normalized spacial score (nSPS) is 9.61. The molecule has 94 valence electrons. The SMILES string of the molecule is C=CC(=O)OC.C=CC=CC=Cc1ccccc1. The van der Waals surface area contributed by atoms with Gasteiger partial charge in [-0.25, -0.2) is 4.79 Å². The van der Waals surface area contributed by atoms with Crippen molar-refractivity contribution in [3.8, 4) is 0 Å². The molecule has 0 aliphatic heterocycles. The molecule has 0 saturated carbocycles. The summed E-state index contributed by atoms with van der Waals surface area (Å²) < 4.78 is 4.14. The standard InChI is InChI=1S/C12H12.C4H6O2/c1-2-3-4-6-9-12-10-7-5-8-11-12;1-3-4(5)6-2/h2-11H,1H2;3H,1H2,2H3. The molecule has 0 unspecified atom stereocenters. The van der Waals surface area contributed by atoms with Crippen LogP contribution in [0.2, 0.25) is 0 Å². The molecule has 0 heterocycles. The molecule has 0 spiro atoms. The Morgan fingerprint density at radius 2 is 1.78 bits per heavy atom. The highest BCUT2D eigenvalue weighted by Crippen LogP contribution is 2.00. The molecular weight excluding hydrogens is 224 g/mol. The molecule has 1 rings (SSSR count). The maximum absolute atomic E-state index is 9.84. The molecule has 1 aromatic rings. The van der Waals surface area contributed by atoms with Crippen molar-refractivity contribution in [2.45, 2.75) is 0 Å². The zero-order valence-corrected chi connectivity index (χ0v) is 10.6. The number of ether oxygens (including phenoxy) is 1. The van der Waals surface area contributed by atoms with Gasteiger partial charge in [0.2, 0.25) is 0 Å². The molecule has 0 saturated heterocycles. The summed E-state index contributed by atoms with van der Waals surface area (Å²) in [5.41, 5.74) is 1.21. The Morgan fingerprint density at radius 1 is 1.11 bits per heavy atom. The molecule has 1 aromatic carbocycles. The van der Waals surface area contributed by atoms with E-state index in [0.717, 1.165) is 6.08 Å². The van der Waals surface area contributed by atoms with Crippen LogP contribution in [0.25, 0.3) is 6.08 Å². The summed E-state index contributed by atoms with van der Waals surface area (Å²) in [6, 6.07) is 10.2. The van der Waals surface area contributed by atoms with Gasteiger partial charge in [-0.2, -0.15) is 0 Å². The van der Waals surface area contributed by atoms with E-state index in [1.54, 1.807) is 6.08 Å². The van der Waals surface area contributed by atoms with Gasteiger partial charge < -0.3 is 4.74 Å². The number of rotatable bonds is 4. The van der Waals surface area contributed by atoms with Gasteiger partial charge in [-0.1, -0.05) is 73.9 Å². The van der Waals surface area contributed by atoms with Crippen LogP contribution < -0.4 is 0 Å². The number of hydrogen-bond acceptors (Lipinski definition) is 2. The molecule has 0 fully saturated rings. The van der Waals surface area contributed by atoms with Gasteiger partial charge in [0.15, 0.2) is 0 Å². The van der Waals surface area contributed by atoms with Crippen molar-refractivity contribution in [3.63, 3.8) is 0 Å². The largest absolute Gasteiger partial charge is 0.466 e. The summed E-state index contributed by atoms with van der Waals surface area (Å²) in [5, 5.41) is 0. The number of esters is 1. The molecule has 0 aliphatic carbocycles. The van der Waals surface area contributed by atoms with Crippen LogP contribution >= 0.6 is 0 Å². The third-order valence-electron chi connectivity index (χ3n) is 1.81. The van der Waals surface area contributed by atoms with Crippen molar-refractivity contribution in [1.82, 2.24) is 0 Å². The number of benzene rings is 1. The zero-order valence-electron chi connectivity index (χ0n) is 10.6. The van der Waals surface area contributed by atoms with Gasteiger partial charge in [-0.3, -0.25) is 0 Å². The summed E-state index contributed by atoms with van der Waals surface area (Å²) >= 11 is 0. The predicted molar refractivity (Wildman–Crippen MR) is 77.0 cm³/mol. The Labute approximate surface area is 109 Å². The first-order valence-electron chi connectivity index (χ1n) is 5.45. The van der Waals surface area contributed by atoms with Crippen LogP contribution in [0, 0.1) is 0 Å². The van der Waals surface area contributed by atoms with E-state index in [4.69, 9.17) is 0 Å². The van der Waals surface area contributed by atoms with E-state index >= 15 is 0 Å². The lowest BCUT2D eigenvalue weighted by atomic mass is 10.2. The quantitative estimate of drug-likeness (QED) is 0.456. The van der Waals surface area contributed by atoms with E-state index in [2.05, 4.69) is 36.1 Å². The fourth-order valence-electron chi connectivity index (χ4n) is 0.957. The Hall–Kier alpha value is -2.35. The fourth-order valence-corrected chi connectivity index (χ4v) is 0.957. The van der Waals surface area contributed by atoms with Crippen LogP contribution in [0.5, 0.6) is 0 Å². The number of carbonyl (C=O) groups is 1. The molecule has 0 aliphatic rings. The number of carbonyl (C=O) groups excluding carboxylic acids is 1. The molecule has 2 nitrogen and oxygen atoms in total. The van der Waals surface area contributed by atoms with Gasteiger partial charge >= 0.3 is 5.97 Å². The maximum Gasteiger partial charge on any atom is 0.329 e. The highest BCUT2D eigenvalue weighted by atomic mass is 16.5. The van der Waals surface area contributed by atoms with E-state index < -0.39 is 5.97 Å². The average Bonchev–Trinajstić information content (AvgIpc) is 2.44. The Bertz CT molecular complexity index is 414. The minimum atomic E-state index is -0.394. The van der Waals surface area contributed by atoms with E-state index in [-0.39, 0.29) is 0 Å². The van der Waals surface area contributed by atoms with Gasteiger partial charge in [0.25, 0.3) is 0 Å². The van der Waals surface area contributed by atoms with Crippen molar-refractivity contribution in [3.05, 3.63) is 79.4 Å². The number of allylic oxidation sites excluding steroid dienone is 4. The number of hydrogen-bond donors (Lipinski definition) is 0. The van der Waals surface area contributed by atoms with Crippen molar-refractivity contribution < 1.29 is 9.53 Å². The molecule has 0 bridgehead atoms. The molecule has 0 aromatic heterocycles. The highest BCUT2D eigenvalue weighted by molar-refractivity contribution is 5.80. The first-order chi connectivity index (χ1) is 8.74. The van der Waals surface area contributed by atoms with Gasteiger partial charge in [-0.05, 0) is 5.56 Å². The first-order valence-corrected chi connectivity index (χ1v) is 5.45. The lowest BCUT2D eigenvalue weighted by Crippen LogP contribution is -1.91. The van der Waals surface area contributed by atoms with Crippen LogP contribution in [0.15, 0.2) is 73.9 Å². The predicted octanol–water partition coefficient (Wildman–Crippen LogP) is 3.79. The van der Waals surface area contributed by atoms with Crippen LogP contribution in [0.3, 0.4) is 0 Å². The smallest absolute Gasteiger partial charge is 0.329 e. The van der Waals surface area contributed by atoms with Crippen LogP contribution in [-0.4, -0.2) is 13.1 Å². The highest BCUT2D eigenvalue weighted by Gasteiger charge is 1.82. The minimum absolute atomic E-state index is 0.394. The molecule has 0 radical (unpaired) electrons. The maximum atomic E-state index is 9.84. The van der Waals surface area contributed by atoms with E-state index in [9.17, 15) is 4.79 Å². The lowest BCUT2D eigenvalue weighted by Gasteiger charge is -1.87. The van der Waals surface area contributed by atoms with Crippen molar-refractivity contribution in [1.29, 1.82) is 0 Å². The lowest BCUT2D eigenvalue weighted by molar-refractivity contribution is -0.134. The minimum Gasteiger partial charge on any atom is -0.466 e. The van der Waals surface area contributed by atoms with Crippen molar-refractivity contribution >= 4 is 12.0 Å². The van der Waals surface area contributed by atoms with Gasteiger partial charge in [-0.15, -0.1) is 0 Å². The second kappa shape index (κ2) is 11.1. The summed E-state index contributed by atoms with van der Waals surface area (Å²) in [4.78, 5) is 9.84. The molecule has 0 N–H and O–H groups in total. The van der Waals surface area contributed by atoms with E-state index in [0.29, 0.717) is 0 Å². The van der Waals surface area contributed by atoms with E-state index in [1.165, 1.54) is 12.7 Å². The summed E-state index contributed by atoms with van der Waals surface area (Å²) in [7, 11) is 1.31. The first kappa shape index (κ1) is 15.7. The van der Waals surface area contributed by atoms with Crippen LogP contribution in [0.4, 0.5) is 0 Å². The second-order valence-corrected chi connectivity index (χ2v) is 3.12. The summed E-state index contributed by atoms with van der Waals surface area (Å²) in [6.07, 6.45) is 10.8. The van der Waals surface area contributed by atoms with Gasteiger partial charge in [0, 0.05) is 6.08 Å². The second-order valence-electron chi connectivity index (χ2n) is 3.12. The topological polar surface area (TPSA) is 26.3 Å². The van der Waals surface area contributed by atoms with Crippen LogP contribution in [0.1, 0.15) is 5.56 Å². The zero-order chi connectivity index (χ0) is 13.6. The van der Waals surface area contributed by atoms with Gasteiger partial charge in [0.1, 0.15) is 0 Å². The third kappa shape index (κ3) is 8.92. The van der Waals surface area contributed by atoms with E-state index in [1.807, 2.05) is 36.4 Å². The molecular formula is C16H18O2. The average molecular weight is 242 g/mol. The van der Waals surface area contributed by atoms with Gasteiger partial charge in [0.05, 0.1) is 7.11 Å². The van der Waals surface area contributed by atoms with Crippen molar-refractivity contribution in [2.75, 3.05) is 7.11 Å². The van der Waals surface area contributed by atoms with Crippen molar-refractivity contribution in [2.24, 2.45) is 0 Å². The Balaban J connectivity index is 0.000000411. The summed E-state index contributed by atoms with van der Waals surface area (Å²) in [6.45, 7) is 6.74. The Morgan fingerprint density at radius 3 is 2.22 bits per heavy atom. The fraction of sp³-hybridized carbons (Fsp3) is 0.0625. The third-order valence-corrected chi connectivity index (χ3v) is 1.81. The van der Waals surface area contributed by atoms with Crippen LogP contribution in [-0.2, 0) is 9.53 Å². The monoisotopic (exact) mass is 242 g/mol. The number of methoxy groups -OCH3 is 1.